The zero-order chi connectivity index (χ0) is 16.7. The minimum Gasteiger partial charge on any atom is -0.378 e. The predicted octanol–water partition coefficient (Wildman–Crippen LogP) is 3.41. The third-order valence-corrected chi connectivity index (χ3v) is 5.94. The van der Waals surface area contributed by atoms with Gasteiger partial charge in [0.1, 0.15) is 5.60 Å². The molecule has 1 aliphatic heterocycles. The van der Waals surface area contributed by atoms with E-state index < -0.39 is 5.60 Å². The topological polar surface area (TPSA) is 36.4 Å². The highest BCUT2D eigenvalue weighted by atomic mass is 35.5. The first-order chi connectivity index (χ1) is 11.6. The molecular weight excluding hydrogens is 320 g/mol. The van der Waals surface area contributed by atoms with Crippen LogP contribution < -0.4 is 0 Å². The molecule has 3 nitrogen and oxygen atoms in total. The van der Waals surface area contributed by atoms with Gasteiger partial charge in [0.2, 0.25) is 0 Å². The number of likely N-dealkylation sites (tertiary alicyclic amines) is 1. The van der Waals surface area contributed by atoms with Crippen molar-refractivity contribution in [2.75, 3.05) is 20.1 Å². The molecule has 1 saturated heterocycles. The highest BCUT2D eigenvalue weighted by Gasteiger charge is 2.45. The van der Waals surface area contributed by atoms with Crippen LogP contribution in [0.1, 0.15) is 35.2 Å². The molecule has 2 aromatic rings. The quantitative estimate of drug-likeness (QED) is 0.862. The lowest BCUT2D eigenvalue weighted by molar-refractivity contribution is -0.0148. The monoisotopic (exact) mass is 342 g/mol. The third kappa shape index (κ3) is 2.55. The van der Waals surface area contributed by atoms with Gasteiger partial charge in [-0.2, -0.15) is 0 Å². The SMILES string of the molecule is CN1CCC(C2(O)c3ccc(Cl)cc3CCc3cccnc32)CC1. The molecule has 0 bridgehead atoms. The standard InChI is InChI=1S/C20H23ClN2O/c1-23-11-8-16(9-12-23)20(24)18-7-6-17(21)13-15(18)5-4-14-3-2-10-22-19(14)20/h2-3,6-7,10,13,16,24H,4-5,8-9,11-12H2,1H3. The van der Waals surface area contributed by atoms with E-state index in [0.29, 0.717) is 0 Å². The van der Waals surface area contributed by atoms with Crippen LogP contribution in [-0.4, -0.2) is 35.1 Å². The van der Waals surface area contributed by atoms with Crippen LogP contribution in [0.25, 0.3) is 0 Å². The van der Waals surface area contributed by atoms with Crippen LogP contribution in [0.3, 0.4) is 0 Å². The number of pyridine rings is 1. The molecule has 1 N–H and O–H groups in total. The van der Waals surface area contributed by atoms with E-state index >= 15 is 0 Å². The number of nitrogens with zero attached hydrogens (tertiary/aromatic N) is 2. The third-order valence-electron chi connectivity index (χ3n) is 5.70. The molecule has 1 unspecified atom stereocenters. The van der Waals surface area contributed by atoms with Crippen LogP contribution in [0.15, 0.2) is 36.5 Å². The fourth-order valence-electron chi connectivity index (χ4n) is 4.36. The maximum atomic E-state index is 12.0. The maximum Gasteiger partial charge on any atom is 0.135 e. The van der Waals surface area contributed by atoms with E-state index in [2.05, 4.69) is 23.0 Å². The van der Waals surface area contributed by atoms with Gasteiger partial charge in [0.15, 0.2) is 0 Å². The smallest absolute Gasteiger partial charge is 0.135 e. The van der Waals surface area contributed by atoms with Crippen molar-refractivity contribution in [3.8, 4) is 0 Å². The summed E-state index contributed by atoms with van der Waals surface area (Å²) >= 11 is 6.24. The van der Waals surface area contributed by atoms with Crippen molar-refractivity contribution in [3.63, 3.8) is 0 Å². The summed E-state index contributed by atoms with van der Waals surface area (Å²) in [4.78, 5) is 6.98. The zero-order valence-electron chi connectivity index (χ0n) is 14.0. The molecule has 4 rings (SSSR count). The summed E-state index contributed by atoms with van der Waals surface area (Å²) in [5, 5.41) is 12.8. The lowest BCUT2D eigenvalue weighted by Crippen LogP contribution is -2.44. The molecule has 2 aliphatic rings. The van der Waals surface area contributed by atoms with Gasteiger partial charge in [-0.05, 0) is 80.7 Å². The highest BCUT2D eigenvalue weighted by Crippen LogP contribution is 2.45. The first-order valence-electron chi connectivity index (χ1n) is 8.73. The summed E-state index contributed by atoms with van der Waals surface area (Å²) in [7, 11) is 2.15. The Labute approximate surface area is 148 Å². The van der Waals surface area contributed by atoms with Crippen molar-refractivity contribution < 1.29 is 5.11 Å². The van der Waals surface area contributed by atoms with E-state index in [0.717, 1.165) is 66.2 Å². The highest BCUT2D eigenvalue weighted by molar-refractivity contribution is 6.30. The first kappa shape index (κ1) is 16.1. The van der Waals surface area contributed by atoms with Gasteiger partial charge in [-0.25, -0.2) is 0 Å². The van der Waals surface area contributed by atoms with E-state index in [1.807, 2.05) is 24.3 Å². The molecule has 1 aromatic carbocycles. The van der Waals surface area contributed by atoms with Gasteiger partial charge >= 0.3 is 0 Å². The molecule has 0 saturated carbocycles. The van der Waals surface area contributed by atoms with Crippen LogP contribution in [-0.2, 0) is 18.4 Å². The number of fused-ring (bicyclic) bond motifs is 2. The van der Waals surface area contributed by atoms with Crippen molar-refractivity contribution in [1.29, 1.82) is 0 Å². The lowest BCUT2D eigenvalue weighted by atomic mass is 9.72. The molecule has 0 amide bonds. The van der Waals surface area contributed by atoms with Crippen LogP contribution in [0.4, 0.5) is 0 Å². The van der Waals surface area contributed by atoms with Gasteiger partial charge in [0, 0.05) is 17.1 Å². The van der Waals surface area contributed by atoms with Gasteiger partial charge in [0.25, 0.3) is 0 Å². The molecule has 126 valence electrons. The molecule has 1 fully saturated rings. The molecule has 1 aliphatic carbocycles. The Morgan fingerprint density at radius 3 is 2.71 bits per heavy atom. The maximum absolute atomic E-state index is 12.0. The largest absolute Gasteiger partial charge is 0.378 e. The number of hydrogen-bond acceptors (Lipinski definition) is 3. The number of halogens is 1. The summed E-state index contributed by atoms with van der Waals surface area (Å²) < 4.78 is 0. The Balaban J connectivity index is 1.90. The Morgan fingerprint density at radius 1 is 1.17 bits per heavy atom. The van der Waals surface area contributed by atoms with Crippen molar-refractivity contribution in [2.24, 2.45) is 5.92 Å². The summed E-state index contributed by atoms with van der Waals surface area (Å²) in [6.07, 6.45) is 5.55. The molecule has 2 heterocycles. The van der Waals surface area contributed by atoms with Gasteiger partial charge in [-0.1, -0.05) is 23.7 Å². The number of hydrogen-bond donors (Lipinski definition) is 1. The minimum atomic E-state index is -1.02. The number of piperidine rings is 1. The average Bonchev–Trinajstić information content (AvgIpc) is 2.71. The normalized spacial score (nSPS) is 25.0. The molecule has 0 radical (unpaired) electrons. The van der Waals surface area contributed by atoms with Crippen LogP contribution >= 0.6 is 11.6 Å². The van der Waals surface area contributed by atoms with Gasteiger partial charge in [-0.15, -0.1) is 0 Å². The molecule has 4 heteroatoms. The second kappa shape index (κ2) is 6.14. The number of rotatable bonds is 1. The van der Waals surface area contributed by atoms with Gasteiger partial charge in [-0.3, -0.25) is 4.98 Å². The van der Waals surface area contributed by atoms with Gasteiger partial charge < -0.3 is 10.0 Å². The number of aliphatic hydroxyl groups is 1. The fourth-order valence-corrected chi connectivity index (χ4v) is 4.56. The van der Waals surface area contributed by atoms with Crippen molar-refractivity contribution in [1.82, 2.24) is 9.88 Å². The fraction of sp³-hybridized carbons (Fsp3) is 0.450. The lowest BCUT2D eigenvalue weighted by Gasteiger charge is -2.41. The molecule has 1 atom stereocenters. The molecular formula is C20H23ClN2O. The van der Waals surface area contributed by atoms with Crippen LogP contribution in [0, 0.1) is 5.92 Å². The summed E-state index contributed by atoms with van der Waals surface area (Å²) in [5.74, 6) is 0.181. The van der Waals surface area contributed by atoms with Crippen LogP contribution in [0.2, 0.25) is 5.02 Å². The number of aromatic nitrogens is 1. The van der Waals surface area contributed by atoms with E-state index in [1.54, 1.807) is 6.20 Å². The van der Waals surface area contributed by atoms with E-state index in [4.69, 9.17) is 11.6 Å². The van der Waals surface area contributed by atoms with Crippen molar-refractivity contribution >= 4 is 11.6 Å². The molecule has 1 aromatic heterocycles. The van der Waals surface area contributed by atoms with Crippen molar-refractivity contribution in [3.05, 3.63) is 63.9 Å². The molecule has 24 heavy (non-hydrogen) atoms. The predicted molar refractivity (Wildman–Crippen MR) is 96.3 cm³/mol. The summed E-state index contributed by atoms with van der Waals surface area (Å²) in [5.41, 5.74) is 3.14. The van der Waals surface area contributed by atoms with Crippen LogP contribution in [0.5, 0.6) is 0 Å². The summed E-state index contributed by atoms with van der Waals surface area (Å²) in [6.45, 7) is 2.02. The zero-order valence-corrected chi connectivity index (χ0v) is 14.8. The second-order valence-corrected chi connectivity index (χ2v) is 7.59. The number of aryl methyl sites for hydroxylation is 2. The number of benzene rings is 1. The van der Waals surface area contributed by atoms with Gasteiger partial charge in [0.05, 0.1) is 5.69 Å². The Hall–Kier alpha value is -1.42. The summed E-state index contributed by atoms with van der Waals surface area (Å²) in [6, 6.07) is 10.0. The Morgan fingerprint density at radius 2 is 1.92 bits per heavy atom. The van der Waals surface area contributed by atoms with E-state index in [-0.39, 0.29) is 5.92 Å². The average molecular weight is 343 g/mol. The minimum absolute atomic E-state index is 0.181. The second-order valence-electron chi connectivity index (χ2n) is 7.16. The Bertz CT molecular complexity index is 755. The van der Waals surface area contributed by atoms with E-state index in [1.165, 1.54) is 0 Å². The van der Waals surface area contributed by atoms with E-state index in [9.17, 15) is 5.11 Å². The molecule has 0 spiro atoms. The van der Waals surface area contributed by atoms with Crippen molar-refractivity contribution in [2.45, 2.75) is 31.3 Å². The Kier molecular flexibility index (Phi) is 4.11. The first-order valence-corrected chi connectivity index (χ1v) is 9.11.